The van der Waals surface area contributed by atoms with Crippen LogP contribution in [-0.4, -0.2) is 17.3 Å². The van der Waals surface area contributed by atoms with Gasteiger partial charge in [-0.3, -0.25) is 0 Å². The van der Waals surface area contributed by atoms with Crippen molar-refractivity contribution in [2.45, 2.75) is 6.54 Å². The van der Waals surface area contributed by atoms with Gasteiger partial charge in [0, 0.05) is 11.3 Å². The van der Waals surface area contributed by atoms with E-state index in [0.29, 0.717) is 23.9 Å². The van der Waals surface area contributed by atoms with Gasteiger partial charge in [-0.15, -0.1) is 0 Å². The van der Waals surface area contributed by atoms with E-state index >= 15 is 0 Å². The van der Waals surface area contributed by atoms with Crippen LogP contribution in [0.2, 0.25) is 5.02 Å². The standard InChI is InChI=1S/C16H13ClFN3O2/c1-22-12-5-2-10(3-6-12)16-20-15(21-23-16)9-19-11-4-7-14(18)13(17)8-11/h2-8,19H,9H2,1H3. The summed E-state index contributed by atoms with van der Waals surface area (Å²) in [4.78, 5) is 4.30. The zero-order valence-corrected chi connectivity index (χ0v) is 13.0. The van der Waals surface area contributed by atoms with E-state index in [1.54, 1.807) is 13.2 Å². The Hall–Kier alpha value is -2.60. The maximum Gasteiger partial charge on any atom is 0.257 e. The maximum atomic E-state index is 13.1. The molecule has 0 amide bonds. The van der Waals surface area contributed by atoms with Crippen LogP contribution in [0.3, 0.4) is 0 Å². The van der Waals surface area contributed by atoms with Crippen molar-refractivity contribution in [3.8, 4) is 17.2 Å². The van der Waals surface area contributed by atoms with Crippen molar-refractivity contribution in [1.82, 2.24) is 10.1 Å². The van der Waals surface area contributed by atoms with Gasteiger partial charge < -0.3 is 14.6 Å². The largest absolute Gasteiger partial charge is 0.497 e. The molecule has 5 nitrogen and oxygen atoms in total. The van der Waals surface area contributed by atoms with Crippen molar-refractivity contribution in [3.63, 3.8) is 0 Å². The third kappa shape index (κ3) is 3.60. The van der Waals surface area contributed by atoms with Crippen LogP contribution in [0.15, 0.2) is 47.0 Å². The Kier molecular flexibility index (Phi) is 4.43. The maximum absolute atomic E-state index is 13.1. The highest BCUT2D eigenvalue weighted by molar-refractivity contribution is 6.31. The number of rotatable bonds is 5. The lowest BCUT2D eigenvalue weighted by Gasteiger charge is -2.04. The molecule has 0 saturated carbocycles. The SMILES string of the molecule is COc1ccc(-c2nc(CNc3ccc(F)c(Cl)c3)no2)cc1. The molecule has 0 fully saturated rings. The van der Waals surface area contributed by atoms with Crippen LogP contribution >= 0.6 is 11.6 Å². The van der Waals surface area contributed by atoms with Crippen molar-refractivity contribution < 1.29 is 13.7 Å². The second-order valence-electron chi connectivity index (χ2n) is 4.73. The molecule has 0 aliphatic rings. The minimum atomic E-state index is -0.460. The molecule has 23 heavy (non-hydrogen) atoms. The number of anilines is 1. The molecule has 0 atom stereocenters. The van der Waals surface area contributed by atoms with Gasteiger partial charge in [0.25, 0.3) is 5.89 Å². The Bertz CT molecular complexity index is 805. The predicted octanol–water partition coefficient (Wildman–Crippen LogP) is 4.15. The highest BCUT2D eigenvalue weighted by Crippen LogP contribution is 2.22. The first kappa shape index (κ1) is 15.3. The fourth-order valence-corrected chi connectivity index (χ4v) is 2.14. The molecular weight excluding hydrogens is 321 g/mol. The number of nitrogens with one attached hydrogen (secondary N) is 1. The normalized spacial score (nSPS) is 10.6. The van der Waals surface area contributed by atoms with Crippen LogP contribution < -0.4 is 10.1 Å². The highest BCUT2D eigenvalue weighted by Gasteiger charge is 2.09. The molecule has 0 bridgehead atoms. The zero-order chi connectivity index (χ0) is 16.2. The number of hydrogen-bond donors (Lipinski definition) is 1. The third-order valence-corrected chi connectivity index (χ3v) is 3.46. The van der Waals surface area contributed by atoms with Crippen LogP contribution in [-0.2, 0) is 6.54 Å². The van der Waals surface area contributed by atoms with E-state index in [2.05, 4.69) is 15.5 Å². The Balaban J connectivity index is 1.67. The smallest absolute Gasteiger partial charge is 0.257 e. The lowest BCUT2D eigenvalue weighted by Crippen LogP contribution is -2.01. The molecular formula is C16H13ClFN3O2. The second-order valence-corrected chi connectivity index (χ2v) is 5.13. The molecule has 2 aromatic carbocycles. The van der Waals surface area contributed by atoms with Crippen molar-refractivity contribution in [1.29, 1.82) is 0 Å². The summed E-state index contributed by atoms with van der Waals surface area (Å²) < 4.78 is 23.4. The fraction of sp³-hybridized carbons (Fsp3) is 0.125. The Morgan fingerprint density at radius 2 is 2.00 bits per heavy atom. The molecule has 3 rings (SSSR count). The molecule has 1 heterocycles. The Morgan fingerprint density at radius 3 is 2.70 bits per heavy atom. The number of nitrogens with zero attached hydrogens (tertiary/aromatic N) is 2. The number of halogens is 2. The number of methoxy groups -OCH3 is 1. The molecule has 1 aromatic heterocycles. The van der Waals surface area contributed by atoms with E-state index < -0.39 is 5.82 Å². The molecule has 0 saturated heterocycles. The van der Waals surface area contributed by atoms with Gasteiger partial charge in [-0.1, -0.05) is 16.8 Å². The molecule has 0 unspecified atom stereocenters. The molecule has 0 aliphatic heterocycles. The molecule has 118 valence electrons. The first-order valence-corrected chi connectivity index (χ1v) is 7.19. The van der Waals surface area contributed by atoms with Crippen LogP contribution in [0.4, 0.5) is 10.1 Å². The number of aromatic nitrogens is 2. The Labute approximate surface area is 137 Å². The first-order valence-electron chi connectivity index (χ1n) is 6.81. The van der Waals surface area contributed by atoms with Crippen molar-refractivity contribution in [3.05, 3.63) is 59.1 Å². The minimum absolute atomic E-state index is 0.0574. The summed E-state index contributed by atoms with van der Waals surface area (Å²) in [6, 6.07) is 11.7. The molecule has 7 heteroatoms. The molecule has 0 spiro atoms. The van der Waals surface area contributed by atoms with Gasteiger partial charge in [-0.25, -0.2) is 4.39 Å². The van der Waals surface area contributed by atoms with Crippen LogP contribution in [0.5, 0.6) is 5.75 Å². The van der Waals surface area contributed by atoms with Gasteiger partial charge in [-0.05, 0) is 42.5 Å². The molecule has 3 aromatic rings. The molecule has 0 aliphatic carbocycles. The monoisotopic (exact) mass is 333 g/mol. The summed E-state index contributed by atoms with van der Waals surface area (Å²) in [5.74, 6) is 1.19. The quantitative estimate of drug-likeness (QED) is 0.760. The number of ether oxygens (including phenoxy) is 1. The van der Waals surface area contributed by atoms with E-state index in [1.165, 1.54) is 12.1 Å². The third-order valence-electron chi connectivity index (χ3n) is 3.18. The van der Waals surface area contributed by atoms with E-state index in [1.807, 2.05) is 24.3 Å². The summed E-state index contributed by atoms with van der Waals surface area (Å²) in [6.45, 7) is 0.335. The van der Waals surface area contributed by atoms with Gasteiger partial charge in [0.05, 0.1) is 18.7 Å². The van der Waals surface area contributed by atoms with Crippen molar-refractivity contribution >= 4 is 17.3 Å². The van der Waals surface area contributed by atoms with Gasteiger partial charge >= 0.3 is 0 Å². The van der Waals surface area contributed by atoms with Gasteiger partial charge in [0.1, 0.15) is 11.6 Å². The van der Waals surface area contributed by atoms with Gasteiger partial charge in [0.15, 0.2) is 5.82 Å². The van der Waals surface area contributed by atoms with Gasteiger partial charge in [-0.2, -0.15) is 4.98 Å². The molecule has 0 radical (unpaired) electrons. The van der Waals surface area contributed by atoms with E-state index in [4.69, 9.17) is 20.9 Å². The average Bonchev–Trinajstić information content (AvgIpc) is 3.05. The Morgan fingerprint density at radius 1 is 1.22 bits per heavy atom. The first-order chi connectivity index (χ1) is 11.2. The van der Waals surface area contributed by atoms with E-state index in [-0.39, 0.29) is 5.02 Å². The number of benzene rings is 2. The predicted molar refractivity (Wildman–Crippen MR) is 85.0 cm³/mol. The van der Waals surface area contributed by atoms with Crippen LogP contribution in [0, 0.1) is 5.82 Å². The van der Waals surface area contributed by atoms with E-state index in [9.17, 15) is 4.39 Å². The summed E-state index contributed by atoms with van der Waals surface area (Å²) in [5, 5.41) is 7.02. The molecule has 1 N–H and O–H groups in total. The lowest BCUT2D eigenvalue weighted by molar-refractivity contribution is 0.414. The summed E-state index contributed by atoms with van der Waals surface area (Å²) in [6.07, 6.45) is 0. The zero-order valence-electron chi connectivity index (χ0n) is 12.2. The highest BCUT2D eigenvalue weighted by atomic mass is 35.5. The van der Waals surface area contributed by atoms with Gasteiger partial charge in [0.2, 0.25) is 0 Å². The fourth-order valence-electron chi connectivity index (χ4n) is 1.96. The van der Waals surface area contributed by atoms with Crippen molar-refractivity contribution in [2.24, 2.45) is 0 Å². The second kappa shape index (κ2) is 6.66. The van der Waals surface area contributed by atoms with Crippen LogP contribution in [0.1, 0.15) is 5.82 Å². The average molecular weight is 334 g/mol. The minimum Gasteiger partial charge on any atom is -0.497 e. The lowest BCUT2D eigenvalue weighted by atomic mass is 10.2. The van der Waals surface area contributed by atoms with E-state index in [0.717, 1.165) is 11.3 Å². The van der Waals surface area contributed by atoms with Crippen molar-refractivity contribution in [2.75, 3.05) is 12.4 Å². The van der Waals surface area contributed by atoms with Crippen LogP contribution in [0.25, 0.3) is 11.5 Å². The summed E-state index contributed by atoms with van der Waals surface area (Å²) >= 11 is 5.73. The summed E-state index contributed by atoms with van der Waals surface area (Å²) in [7, 11) is 1.60. The number of hydrogen-bond acceptors (Lipinski definition) is 5. The topological polar surface area (TPSA) is 60.2 Å². The summed E-state index contributed by atoms with van der Waals surface area (Å²) in [5.41, 5.74) is 1.47.